The van der Waals surface area contributed by atoms with Gasteiger partial charge in [-0.15, -0.1) is 0 Å². The Morgan fingerprint density at radius 3 is 2.24 bits per heavy atom. The van der Waals surface area contributed by atoms with E-state index in [0.29, 0.717) is 12.2 Å². The highest BCUT2D eigenvalue weighted by atomic mass is 32.2. The maximum Gasteiger partial charge on any atom is 0.243 e. The number of aryl methyl sites for hydroxylation is 1. The Kier molecular flexibility index (Phi) is 7.81. The van der Waals surface area contributed by atoms with Gasteiger partial charge >= 0.3 is 0 Å². The number of carbonyl (C=O) groups excluding carboxylic acids is 1. The van der Waals surface area contributed by atoms with Crippen LogP contribution in [0.4, 0.5) is 5.69 Å². The predicted molar refractivity (Wildman–Crippen MR) is 108 cm³/mol. The molecule has 1 aromatic rings. The summed E-state index contributed by atoms with van der Waals surface area (Å²) in [5, 5.41) is 2.83. The van der Waals surface area contributed by atoms with Crippen molar-refractivity contribution in [2.75, 3.05) is 22.9 Å². The van der Waals surface area contributed by atoms with Crippen LogP contribution in [0.3, 0.4) is 0 Å². The van der Waals surface area contributed by atoms with E-state index in [4.69, 9.17) is 0 Å². The molecule has 7 heteroatoms. The summed E-state index contributed by atoms with van der Waals surface area (Å²) >= 11 is 1.76. The summed E-state index contributed by atoms with van der Waals surface area (Å²) in [6, 6.07) is 6.47. The number of benzene rings is 1. The molecule has 0 bridgehead atoms. The number of rotatable bonds is 8. The maximum atomic E-state index is 12.4. The molecule has 0 fully saturated rings. The fourth-order valence-corrected chi connectivity index (χ4v) is 4.36. The highest BCUT2D eigenvalue weighted by Gasteiger charge is 2.28. The molecule has 0 radical (unpaired) electrons. The van der Waals surface area contributed by atoms with Gasteiger partial charge in [0.1, 0.15) is 6.04 Å². The summed E-state index contributed by atoms with van der Waals surface area (Å²) in [7, 11) is -3.57. The first-order valence-corrected chi connectivity index (χ1v) is 11.3. The molecule has 1 atom stereocenters. The van der Waals surface area contributed by atoms with Crippen molar-refractivity contribution in [1.82, 2.24) is 5.32 Å². The van der Waals surface area contributed by atoms with E-state index in [9.17, 15) is 13.2 Å². The first kappa shape index (κ1) is 21.8. The fraction of sp³-hybridized carbons (Fsp3) is 0.611. The molecule has 0 aliphatic rings. The molecular formula is C18H30N2O3S2. The lowest BCUT2D eigenvalue weighted by Crippen LogP contribution is -2.48. The molecule has 1 aromatic carbocycles. The van der Waals surface area contributed by atoms with Crippen molar-refractivity contribution in [2.24, 2.45) is 0 Å². The Morgan fingerprint density at radius 2 is 1.80 bits per heavy atom. The maximum absolute atomic E-state index is 12.4. The molecule has 0 heterocycles. The van der Waals surface area contributed by atoms with Gasteiger partial charge in [0.2, 0.25) is 15.9 Å². The van der Waals surface area contributed by atoms with Crippen molar-refractivity contribution >= 4 is 33.4 Å². The largest absolute Gasteiger partial charge is 0.353 e. The lowest BCUT2D eigenvalue weighted by atomic mass is 10.1. The molecule has 0 spiro atoms. The molecule has 1 amide bonds. The molecular weight excluding hydrogens is 356 g/mol. The van der Waals surface area contributed by atoms with Crippen LogP contribution in [0.15, 0.2) is 24.3 Å². The van der Waals surface area contributed by atoms with Gasteiger partial charge in [0, 0.05) is 17.0 Å². The van der Waals surface area contributed by atoms with Crippen LogP contribution in [0.1, 0.15) is 40.2 Å². The lowest BCUT2D eigenvalue weighted by Gasteiger charge is -2.28. The summed E-state index contributed by atoms with van der Waals surface area (Å²) in [5.41, 5.74) is 1.62. The topological polar surface area (TPSA) is 66.5 Å². The van der Waals surface area contributed by atoms with Crippen molar-refractivity contribution < 1.29 is 13.2 Å². The summed E-state index contributed by atoms with van der Waals surface area (Å²) in [5.74, 6) is 0.492. The number of nitrogens with one attached hydrogen (secondary N) is 1. The zero-order valence-corrected chi connectivity index (χ0v) is 17.6. The first-order chi connectivity index (χ1) is 11.5. The van der Waals surface area contributed by atoms with Gasteiger partial charge < -0.3 is 5.32 Å². The van der Waals surface area contributed by atoms with Crippen LogP contribution >= 0.6 is 11.8 Å². The number of anilines is 1. The highest BCUT2D eigenvalue weighted by Crippen LogP contribution is 2.23. The average Bonchev–Trinajstić information content (AvgIpc) is 2.49. The van der Waals surface area contributed by atoms with Crippen molar-refractivity contribution in [2.45, 2.75) is 51.8 Å². The summed E-state index contributed by atoms with van der Waals surface area (Å²) in [4.78, 5) is 12.4. The minimum absolute atomic E-state index is 0.135. The van der Waals surface area contributed by atoms with Gasteiger partial charge in [-0.1, -0.05) is 39.8 Å². The van der Waals surface area contributed by atoms with Crippen molar-refractivity contribution in [3.05, 3.63) is 29.8 Å². The number of carbonyl (C=O) groups is 1. The van der Waals surface area contributed by atoms with E-state index in [1.165, 1.54) is 4.31 Å². The van der Waals surface area contributed by atoms with Gasteiger partial charge in [0.15, 0.2) is 0 Å². The molecule has 25 heavy (non-hydrogen) atoms. The van der Waals surface area contributed by atoms with E-state index in [1.54, 1.807) is 30.8 Å². The summed E-state index contributed by atoms with van der Waals surface area (Å²) in [6.07, 6.45) is 2.00. The Balaban J connectivity index is 2.83. The van der Waals surface area contributed by atoms with Crippen LogP contribution in [0.25, 0.3) is 0 Å². The van der Waals surface area contributed by atoms with Gasteiger partial charge in [-0.3, -0.25) is 9.10 Å². The Morgan fingerprint density at radius 1 is 1.24 bits per heavy atom. The van der Waals surface area contributed by atoms with E-state index in [1.807, 2.05) is 19.1 Å². The number of hydrogen-bond acceptors (Lipinski definition) is 4. The molecule has 0 saturated heterocycles. The van der Waals surface area contributed by atoms with Gasteiger partial charge in [-0.25, -0.2) is 8.42 Å². The van der Waals surface area contributed by atoms with E-state index >= 15 is 0 Å². The third-order valence-electron chi connectivity index (χ3n) is 3.62. The lowest BCUT2D eigenvalue weighted by molar-refractivity contribution is -0.121. The second-order valence-electron chi connectivity index (χ2n) is 7.01. The standard InChI is InChI=1S/C18H30N2O3S2/c1-7-15-8-10-16(11-9-15)20(25(6,22)23)14(2)17(21)19-12-13-24-18(3,4)5/h8-11,14H,7,12-13H2,1-6H3,(H,19,21)/t14-/m1/s1. The predicted octanol–water partition coefficient (Wildman–Crippen LogP) is 3.05. The van der Waals surface area contributed by atoms with Crippen LogP contribution in [-0.4, -0.2) is 43.7 Å². The quantitative estimate of drug-likeness (QED) is 0.697. The zero-order valence-electron chi connectivity index (χ0n) is 16.0. The first-order valence-electron chi connectivity index (χ1n) is 8.45. The average molecular weight is 387 g/mol. The van der Waals surface area contributed by atoms with Gasteiger partial charge in [-0.05, 0) is 31.0 Å². The summed E-state index contributed by atoms with van der Waals surface area (Å²) in [6.45, 7) is 10.5. The van der Waals surface area contributed by atoms with Crippen LogP contribution < -0.4 is 9.62 Å². The Hall–Kier alpha value is -1.21. The van der Waals surface area contributed by atoms with Crippen molar-refractivity contribution in [1.29, 1.82) is 0 Å². The number of sulfonamides is 1. The molecule has 0 aromatic heterocycles. The second-order valence-corrected chi connectivity index (χ2v) is 10.8. The smallest absolute Gasteiger partial charge is 0.243 e. The number of thioether (sulfide) groups is 1. The van der Waals surface area contributed by atoms with Gasteiger partial charge in [-0.2, -0.15) is 11.8 Å². The minimum atomic E-state index is -3.57. The van der Waals surface area contributed by atoms with Gasteiger partial charge in [0.25, 0.3) is 0 Å². The monoisotopic (exact) mass is 386 g/mol. The van der Waals surface area contributed by atoms with Crippen LogP contribution in [0, 0.1) is 0 Å². The SMILES string of the molecule is CCc1ccc(N([C@H](C)C(=O)NCCSC(C)(C)C)S(C)(=O)=O)cc1. The van der Waals surface area contributed by atoms with Crippen LogP contribution in [0.2, 0.25) is 0 Å². The zero-order chi connectivity index (χ0) is 19.3. The number of amides is 1. The van der Waals surface area contributed by atoms with Crippen LogP contribution in [0.5, 0.6) is 0 Å². The molecule has 1 N–H and O–H groups in total. The normalized spacial score (nSPS) is 13.4. The van der Waals surface area contributed by atoms with Crippen LogP contribution in [-0.2, 0) is 21.2 Å². The highest BCUT2D eigenvalue weighted by molar-refractivity contribution is 8.00. The second kappa shape index (κ2) is 8.94. The van der Waals surface area contributed by atoms with Crippen molar-refractivity contribution in [3.8, 4) is 0 Å². The Labute approximate surface area is 156 Å². The Bertz CT molecular complexity index is 665. The van der Waals surface area contributed by atoms with Crippen molar-refractivity contribution in [3.63, 3.8) is 0 Å². The molecule has 0 saturated carbocycles. The fourth-order valence-electron chi connectivity index (χ4n) is 2.37. The van der Waals surface area contributed by atoms with E-state index in [0.717, 1.165) is 24.0 Å². The molecule has 1 rings (SSSR count). The van der Waals surface area contributed by atoms with E-state index in [2.05, 4.69) is 26.1 Å². The molecule has 0 unspecified atom stereocenters. The number of hydrogen-bond donors (Lipinski definition) is 1. The molecule has 0 aliphatic carbocycles. The van der Waals surface area contributed by atoms with E-state index in [-0.39, 0.29) is 10.7 Å². The third kappa shape index (κ3) is 7.28. The van der Waals surface area contributed by atoms with E-state index < -0.39 is 16.1 Å². The number of nitrogens with zero attached hydrogens (tertiary/aromatic N) is 1. The minimum Gasteiger partial charge on any atom is -0.353 e. The third-order valence-corrected chi connectivity index (χ3v) is 6.14. The summed E-state index contributed by atoms with van der Waals surface area (Å²) < 4.78 is 25.8. The van der Waals surface area contributed by atoms with Gasteiger partial charge in [0.05, 0.1) is 11.9 Å². The molecule has 5 nitrogen and oxygen atoms in total. The molecule has 0 aliphatic heterocycles. The molecule has 142 valence electrons.